The Morgan fingerprint density at radius 3 is 2.69 bits per heavy atom. The van der Waals surface area contributed by atoms with E-state index in [1.54, 1.807) is 0 Å². The van der Waals surface area contributed by atoms with Gasteiger partial charge in [0.25, 0.3) is 0 Å². The number of rotatable bonds is 7. The molecule has 0 saturated heterocycles. The average Bonchev–Trinajstić information content (AvgIpc) is 2.70. The molecule has 0 heterocycles. The van der Waals surface area contributed by atoms with Gasteiger partial charge in [0.05, 0.1) is 13.7 Å². The van der Waals surface area contributed by atoms with Crippen molar-refractivity contribution in [2.45, 2.75) is 46.0 Å². The summed E-state index contributed by atoms with van der Waals surface area (Å²) in [4.78, 5) is 26.8. The number of hydrogen-bond acceptors (Lipinski definition) is 7. The Labute approximate surface area is 172 Å². The summed E-state index contributed by atoms with van der Waals surface area (Å²) < 4.78 is 9.19. The minimum Gasteiger partial charge on any atom is -0.478 e. The van der Waals surface area contributed by atoms with Crippen molar-refractivity contribution in [3.63, 3.8) is 0 Å². The molecular formula is C21H33N3O5. The molecule has 8 nitrogen and oxygen atoms in total. The molecule has 3 unspecified atom stereocenters. The Morgan fingerprint density at radius 2 is 2.07 bits per heavy atom. The number of hydrogen-bond donors (Lipinski definition) is 2. The maximum absolute atomic E-state index is 11.4. The van der Waals surface area contributed by atoms with Gasteiger partial charge in [-0.1, -0.05) is 32.1 Å². The van der Waals surface area contributed by atoms with Crippen LogP contribution in [0.3, 0.4) is 0 Å². The standard InChI is InChI=1S/C21H33N3O5/c1-14-6-5-7-17(8-9-18(10-15(14)2)16(3)20(25)26)11-23-12-19(24-22)13-29-21(27)28-4/h7,12,14-15,18H,3,5-6,8-11,13,22H2,1-2,4H3,(H,25,26). The summed E-state index contributed by atoms with van der Waals surface area (Å²) in [5, 5.41) is 12.9. The third-order valence-corrected chi connectivity index (χ3v) is 5.47. The Morgan fingerprint density at radius 1 is 1.34 bits per heavy atom. The van der Waals surface area contributed by atoms with E-state index in [2.05, 4.69) is 41.3 Å². The number of carbonyl (C=O) groups is 2. The van der Waals surface area contributed by atoms with E-state index in [9.17, 15) is 14.7 Å². The molecule has 162 valence electrons. The van der Waals surface area contributed by atoms with Crippen molar-refractivity contribution < 1.29 is 24.2 Å². The maximum Gasteiger partial charge on any atom is 0.508 e. The van der Waals surface area contributed by atoms with E-state index in [1.165, 1.54) is 13.3 Å². The predicted octanol–water partition coefficient (Wildman–Crippen LogP) is 3.57. The second-order valence-corrected chi connectivity index (χ2v) is 7.53. The molecule has 3 atom stereocenters. The van der Waals surface area contributed by atoms with E-state index < -0.39 is 12.1 Å². The Kier molecular flexibility index (Phi) is 10.7. The van der Waals surface area contributed by atoms with Crippen molar-refractivity contribution in [2.75, 3.05) is 20.3 Å². The lowest BCUT2D eigenvalue weighted by Gasteiger charge is -2.27. The van der Waals surface area contributed by atoms with Gasteiger partial charge < -0.3 is 20.4 Å². The molecule has 0 aromatic carbocycles. The van der Waals surface area contributed by atoms with Gasteiger partial charge in [-0.25, -0.2) is 9.59 Å². The van der Waals surface area contributed by atoms with Gasteiger partial charge in [-0.3, -0.25) is 4.99 Å². The zero-order chi connectivity index (χ0) is 21.8. The Hall–Kier alpha value is -2.64. The minimum absolute atomic E-state index is 0.0509. The van der Waals surface area contributed by atoms with E-state index in [1.807, 2.05) is 0 Å². The van der Waals surface area contributed by atoms with E-state index in [0.717, 1.165) is 37.7 Å². The van der Waals surface area contributed by atoms with Gasteiger partial charge in [0.2, 0.25) is 0 Å². The Balaban J connectivity index is 2.78. The quantitative estimate of drug-likeness (QED) is 0.166. The molecule has 0 bridgehead atoms. The zero-order valence-electron chi connectivity index (χ0n) is 17.6. The van der Waals surface area contributed by atoms with Crippen molar-refractivity contribution in [1.29, 1.82) is 0 Å². The summed E-state index contributed by atoms with van der Waals surface area (Å²) in [5.41, 5.74) is 1.73. The molecule has 29 heavy (non-hydrogen) atoms. The van der Waals surface area contributed by atoms with E-state index in [4.69, 9.17) is 10.6 Å². The largest absolute Gasteiger partial charge is 0.508 e. The van der Waals surface area contributed by atoms with Gasteiger partial charge in [-0.05, 0) is 49.9 Å². The first-order chi connectivity index (χ1) is 13.8. The van der Waals surface area contributed by atoms with E-state index in [-0.39, 0.29) is 18.1 Å². The van der Waals surface area contributed by atoms with E-state index >= 15 is 0 Å². The highest BCUT2D eigenvalue weighted by Crippen LogP contribution is 2.32. The molecule has 0 aliphatic heterocycles. The van der Waals surface area contributed by atoms with Crippen LogP contribution in [0, 0.1) is 17.8 Å². The SMILES string of the molecule is C=C(C(=O)O)C1CCC(CN=CC(COC(=O)OC)=NN)=CCCC(C)C(C)C1. The van der Waals surface area contributed by atoms with Crippen molar-refractivity contribution in [1.82, 2.24) is 0 Å². The number of carboxylic acid groups (broad SMARTS) is 1. The van der Waals surface area contributed by atoms with E-state index in [0.29, 0.717) is 24.1 Å². The molecule has 1 aliphatic carbocycles. The summed E-state index contributed by atoms with van der Waals surface area (Å²) in [5.74, 6) is 5.27. The normalized spacial score (nSPS) is 23.9. The predicted molar refractivity (Wildman–Crippen MR) is 113 cm³/mol. The number of allylic oxidation sites excluding steroid dienone is 1. The maximum atomic E-state index is 11.4. The summed E-state index contributed by atoms with van der Waals surface area (Å²) in [6, 6.07) is 0. The average molecular weight is 408 g/mol. The van der Waals surface area contributed by atoms with Gasteiger partial charge in [0, 0.05) is 11.8 Å². The number of carbonyl (C=O) groups excluding carboxylic acids is 1. The van der Waals surface area contributed by atoms with Crippen LogP contribution >= 0.6 is 0 Å². The highest BCUT2D eigenvalue weighted by molar-refractivity contribution is 6.31. The zero-order valence-corrected chi connectivity index (χ0v) is 17.6. The van der Waals surface area contributed by atoms with Crippen molar-refractivity contribution >= 4 is 24.1 Å². The van der Waals surface area contributed by atoms with Crippen LogP contribution in [0.4, 0.5) is 4.79 Å². The summed E-state index contributed by atoms with van der Waals surface area (Å²) in [6.45, 7) is 8.53. The highest BCUT2D eigenvalue weighted by atomic mass is 16.7. The summed E-state index contributed by atoms with van der Waals surface area (Å²) >= 11 is 0. The lowest BCUT2D eigenvalue weighted by atomic mass is 9.78. The van der Waals surface area contributed by atoms with Crippen molar-refractivity contribution in [3.8, 4) is 0 Å². The van der Waals surface area contributed by atoms with Crippen LogP contribution < -0.4 is 5.84 Å². The fraction of sp³-hybridized carbons (Fsp3) is 0.619. The van der Waals surface area contributed by atoms with Crippen LogP contribution in [0.2, 0.25) is 0 Å². The molecule has 0 aromatic rings. The third kappa shape index (κ3) is 8.93. The molecular weight excluding hydrogens is 374 g/mol. The number of nitrogens with zero attached hydrogens (tertiary/aromatic N) is 2. The van der Waals surface area contributed by atoms with Crippen LogP contribution in [0.25, 0.3) is 0 Å². The van der Waals surface area contributed by atoms with Crippen LogP contribution in [-0.2, 0) is 14.3 Å². The first-order valence-electron chi connectivity index (χ1n) is 9.85. The molecule has 0 radical (unpaired) electrons. The van der Waals surface area contributed by atoms with Gasteiger partial charge in [0.15, 0.2) is 0 Å². The smallest absolute Gasteiger partial charge is 0.478 e. The van der Waals surface area contributed by atoms with Crippen LogP contribution in [-0.4, -0.2) is 49.4 Å². The molecule has 0 spiro atoms. The molecule has 0 fully saturated rings. The van der Waals surface area contributed by atoms with Crippen molar-refractivity contribution in [3.05, 3.63) is 23.8 Å². The fourth-order valence-electron chi connectivity index (χ4n) is 3.30. The number of methoxy groups -OCH3 is 1. The number of nitrogens with two attached hydrogens (primary N) is 1. The molecule has 0 saturated carbocycles. The topological polar surface area (TPSA) is 124 Å². The molecule has 1 rings (SSSR count). The first kappa shape index (κ1) is 24.4. The van der Waals surface area contributed by atoms with Crippen molar-refractivity contribution in [2.24, 2.45) is 33.7 Å². The Bertz CT molecular complexity index is 669. The molecule has 0 amide bonds. The lowest BCUT2D eigenvalue weighted by Crippen LogP contribution is -2.19. The fourth-order valence-corrected chi connectivity index (χ4v) is 3.30. The van der Waals surface area contributed by atoms with Gasteiger partial charge >= 0.3 is 12.1 Å². The van der Waals surface area contributed by atoms with Crippen LogP contribution in [0.15, 0.2) is 33.9 Å². The number of carboxylic acids is 1. The molecule has 0 aromatic heterocycles. The number of aliphatic carboxylic acids is 1. The lowest BCUT2D eigenvalue weighted by molar-refractivity contribution is -0.133. The molecule has 3 N–H and O–H groups in total. The number of ether oxygens (including phenoxy) is 2. The van der Waals surface area contributed by atoms with Crippen LogP contribution in [0.1, 0.15) is 46.0 Å². The third-order valence-electron chi connectivity index (χ3n) is 5.47. The second-order valence-electron chi connectivity index (χ2n) is 7.53. The van der Waals surface area contributed by atoms with Crippen LogP contribution in [0.5, 0.6) is 0 Å². The second kappa shape index (κ2) is 12.7. The number of aliphatic imine (C=N–C) groups is 1. The van der Waals surface area contributed by atoms with Gasteiger partial charge in [-0.15, -0.1) is 0 Å². The highest BCUT2D eigenvalue weighted by Gasteiger charge is 2.24. The van der Waals surface area contributed by atoms with Gasteiger partial charge in [-0.2, -0.15) is 5.10 Å². The first-order valence-corrected chi connectivity index (χ1v) is 9.85. The minimum atomic E-state index is -0.926. The van der Waals surface area contributed by atoms with Gasteiger partial charge in [0.1, 0.15) is 12.3 Å². The number of hydrazone groups is 1. The summed E-state index contributed by atoms with van der Waals surface area (Å²) in [7, 11) is 1.22. The monoisotopic (exact) mass is 407 g/mol. The molecule has 8 heteroatoms. The summed E-state index contributed by atoms with van der Waals surface area (Å²) in [6.07, 6.45) is 7.17. The molecule has 1 aliphatic rings.